The van der Waals surface area contributed by atoms with Gasteiger partial charge in [-0.2, -0.15) is 0 Å². The van der Waals surface area contributed by atoms with Crippen molar-refractivity contribution >= 4 is 51.7 Å². The maximum atomic E-state index is 12.9. The van der Waals surface area contributed by atoms with E-state index in [1.807, 2.05) is 13.8 Å². The van der Waals surface area contributed by atoms with Crippen molar-refractivity contribution in [2.24, 2.45) is 10.9 Å². The number of benzene rings is 2. The molecule has 1 fully saturated rings. The fraction of sp³-hybridized carbons (Fsp3) is 0.348. The van der Waals surface area contributed by atoms with Crippen LogP contribution in [0.15, 0.2) is 53.5 Å². The molecule has 0 radical (unpaired) electrons. The van der Waals surface area contributed by atoms with Crippen LogP contribution in [0.2, 0.25) is 0 Å². The summed E-state index contributed by atoms with van der Waals surface area (Å²) in [4.78, 5) is 32.0. The van der Waals surface area contributed by atoms with E-state index in [0.717, 1.165) is 0 Å². The number of nitrogens with one attached hydrogen (secondary N) is 1. The Morgan fingerprint density at radius 2 is 1.82 bits per heavy atom. The number of nitrogens with zero attached hydrogens (tertiary/aromatic N) is 2. The predicted molar refractivity (Wildman–Crippen MR) is 129 cm³/mol. The fourth-order valence-electron chi connectivity index (χ4n) is 3.12. The van der Waals surface area contributed by atoms with Crippen LogP contribution in [0.5, 0.6) is 11.5 Å². The SMILES string of the molecule is COc1ccc(N=C2SC(C(=O)Nc3ccc(OC(F)(F)Cl)cc3)CC(=O)N2CC(C)C)cc1. The highest BCUT2D eigenvalue weighted by Gasteiger charge is 2.36. The quantitative estimate of drug-likeness (QED) is 0.475. The molecule has 182 valence electrons. The predicted octanol–water partition coefficient (Wildman–Crippen LogP) is 5.48. The molecule has 0 bridgehead atoms. The second kappa shape index (κ2) is 11.1. The van der Waals surface area contributed by atoms with Gasteiger partial charge in [0.05, 0.1) is 12.8 Å². The zero-order valence-corrected chi connectivity index (χ0v) is 20.3. The summed E-state index contributed by atoms with van der Waals surface area (Å²) in [5, 5.41) is 2.42. The van der Waals surface area contributed by atoms with Crippen LogP contribution in [0.3, 0.4) is 0 Å². The molecule has 0 aromatic heterocycles. The molecular weight excluding hydrogens is 488 g/mol. The van der Waals surface area contributed by atoms with Crippen LogP contribution >= 0.6 is 23.4 Å². The number of amidine groups is 1. The molecule has 1 saturated heterocycles. The Morgan fingerprint density at radius 1 is 1.21 bits per heavy atom. The summed E-state index contributed by atoms with van der Waals surface area (Å²) in [5.74, 6) is 0.128. The summed E-state index contributed by atoms with van der Waals surface area (Å²) in [5.41, 5.74) is -2.84. The zero-order valence-electron chi connectivity index (χ0n) is 18.8. The normalized spacial score (nSPS) is 17.7. The van der Waals surface area contributed by atoms with E-state index in [1.54, 1.807) is 36.3 Å². The van der Waals surface area contributed by atoms with E-state index in [0.29, 0.717) is 28.8 Å². The summed E-state index contributed by atoms with van der Waals surface area (Å²) in [7, 11) is 1.57. The Kier molecular flexibility index (Phi) is 8.37. The van der Waals surface area contributed by atoms with E-state index in [2.05, 4.69) is 15.0 Å². The molecule has 1 atom stereocenters. The summed E-state index contributed by atoms with van der Waals surface area (Å²) in [6.45, 7) is 4.46. The first-order valence-corrected chi connectivity index (χ1v) is 11.7. The first kappa shape index (κ1) is 25.8. The molecule has 7 nitrogen and oxygen atoms in total. The van der Waals surface area contributed by atoms with Crippen LogP contribution in [-0.2, 0) is 9.59 Å². The smallest absolute Gasteiger partial charge is 0.487 e. The van der Waals surface area contributed by atoms with Gasteiger partial charge in [0.25, 0.3) is 0 Å². The van der Waals surface area contributed by atoms with E-state index < -0.39 is 16.7 Å². The van der Waals surface area contributed by atoms with Crippen molar-refractivity contribution in [2.75, 3.05) is 19.0 Å². The third-order valence-corrected chi connectivity index (χ3v) is 5.90. The molecule has 0 saturated carbocycles. The fourth-order valence-corrected chi connectivity index (χ4v) is 4.31. The number of amides is 2. The second-order valence-electron chi connectivity index (χ2n) is 7.86. The number of hydrogen-bond acceptors (Lipinski definition) is 6. The highest BCUT2D eigenvalue weighted by atomic mass is 35.5. The Balaban J connectivity index is 1.76. The molecule has 0 spiro atoms. The van der Waals surface area contributed by atoms with Gasteiger partial charge in [-0.3, -0.25) is 14.5 Å². The van der Waals surface area contributed by atoms with Crippen molar-refractivity contribution in [3.63, 3.8) is 0 Å². The molecule has 3 rings (SSSR count). The number of carbonyl (C=O) groups is 2. The standard InChI is InChI=1S/C23H24ClF2N3O4S/c1-14(2)13-29-20(30)12-19(34-22(29)28-16-4-8-17(32-3)9-5-16)21(31)27-15-6-10-18(11-7-15)33-23(24,25)26/h4-11,14,19H,12-13H2,1-3H3,(H,27,31). The van der Waals surface area contributed by atoms with Crippen molar-refractivity contribution in [3.8, 4) is 11.5 Å². The minimum Gasteiger partial charge on any atom is -0.497 e. The van der Waals surface area contributed by atoms with E-state index >= 15 is 0 Å². The largest absolute Gasteiger partial charge is 0.497 e. The number of aliphatic imine (C=N–C) groups is 1. The lowest BCUT2D eigenvalue weighted by atomic mass is 10.2. The highest BCUT2D eigenvalue weighted by molar-refractivity contribution is 8.15. The Hall–Kier alpha value is -2.85. The van der Waals surface area contributed by atoms with Crippen LogP contribution in [-0.4, -0.2) is 46.4 Å². The number of rotatable bonds is 8. The molecule has 1 N–H and O–H groups in total. The number of thioether (sulfide) groups is 1. The number of ether oxygens (including phenoxy) is 2. The van der Waals surface area contributed by atoms with Crippen molar-refractivity contribution < 1.29 is 27.8 Å². The molecule has 1 unspecified atom stereocenters. The first-order valence-electron chi connectivity index (χ1n) is 10.4. The van der Waals surface area contributed by atoms with E-state index in [4.69, 9.17) is 16.3 Å². The topological polar surface area (TPSA) is 80.2 Å². The zero-order chi connectivity index (χ0) is 24.9. The second-order valence-corrected chi connectivity index (χ2v) is 9.47. The van der Waals surface area contributed by atoms with Crippen LogP contribution in [0.25, 0.3) is 0 Å². The van der Waals surface area contributed by atoms with Crippen LogP contribution in [0.4, 0.5) is 20.2 Å². The van der Waals surface area contributed by atoms with E-state index in [-0.39, 0.29) is 24.0 Å². The van der Waals surface area contributed by atoms with E-state index in [1.165, 1.54) is 36.0 Å². The van der Waals surface area contributed by atoms with Gasteiger partial charge in [-0.1, -0.05) is 25.6 Å². The maximum absolute atomic E-state index is 12.9. The summed E-state index contributed by atoms with van der Waals surface area (Å²) < 4.78 is 34.9. The number of methoxy groups -OCH3 is 1. The third-order valence-electron chi connectivity index (χ3n) is 4.63. The molecule has 2 aromatic carbocycles. The molecule has 1 aliphatic heterocycles. The van der Waals surface area contributed by atoms with Crippen molar-refractivity contribution in [2.45, 2.75) is 31.1 Å². The Bertz CT molecular complexity index is 1040. The minimum absolute atomic E-state index is 0.00448. The molecule has 34 heavy (non-hydrogen) atoms. The number of anilines is 1. The van der Waals surface area contributed by atoms with Crippen LogP contribution in [0.1, 0.15) is 20.3 Å². The van der Waals surface area contributed by atoms with Gasteiger partial charge in [0.2, 0.25) is 11.8 Å². The Labute approximate surface area is 205 Å². The maximum Gasteiger partial charge on any atom is 0.487 e. The van der Waals surface area contributed by atoms with E-state index in [9.17, 15) is 18.4 Å². The number of carbonyl (C=O) groups excluding carboxylic acids is 2. The lowest BCUT2D eigenvalue weighted by molar-refractivity contribution is -0.129. The van der Waals surface area contributed by atoms with Gasteiger partial charge in [0.1, 0.15) is 16.7 Å². The highest BCUT2D eigenvalue weighted by Crippen LogP contribution is 2.31. The van der Waals surface area contributed by atoms with Crippen molar-refractivity contribution in [3.05, 3.63) is 48.5 Å². The van der Waals surface area contributed by atoms with Gasteiger partial charge < -0.3 is 14.8 Å². The van der Waals surface area contributed by atoms with Gasteiger partial charge in [-0.15, -0.1) is 8.78 Å². The van der Waals surface area contributed by atoms with Gasteiger partial charge in [0, 0.05) is 30.3 Å². The summed E-state index contributed by atoms with van der Waals surface area (Å²) in [6, 6.07) is 12.4. The molecule has 0 aliphatic carbocycles. The number of alkyl halides is 3. The molecular formula is C23H24ClF2N3O4S. The van der Waals surface area contributed by atoms with Gasteiger partial charge >= 0.3 is 5.57 Å². The molecule has 1 aliphatic rings. The molecule has 2 aromatic rings. The average Bonchev–Trinajstić information content (AvgIpc) is 2.76. The average molecular weight is 512 g/mol. The summed E-state index contributed by atoms with van der Waals surface area (Å²) >= 11 is 5.95. The summed E-state index contributed by atoms with van der Waals surface area (Å²) in [6.07, 6.45) is 0.00448. The van der Waals surface area contributed by atoms with Gasteiger partial charge in [-0.25, -0.2) is 4.99 Å². The molecule has 2 amide bonds. The lowest BCUT2D eigenvalue weighted by Crippen LogP contribution is -2.46. The van der Waals surface area contributed by atoms with Crippen LogP contribution in [0, 0.1) is 5.92 Å². The van der Waals surface area contributed by atoms with Crippen LogP contribution < -0.4 is 14.8 Å². The third kappa shape index (κ3) is 7.33. The van der Waals surface area contributed by atoms with Crippen molar-refractivity contribution in [1.82, 2.24) is 4.90 Å². The first-order chi connectivity index (χ1) is 16.0. The minimum atomic E-state index is -3.83. The molecule has 1 heterocycles. The number of hydrogen-bond donors (Lipinski definition) is 1. The van der Waals surface area contributed by atoms with Gasteiger partial charge in [-0.05, 0) is 54.4 Å². The molecule has 11 heteroatoms. The monoisotopic (exact) mass is 511 g/mol. The number of halogens is 3. The lowest BCUT2D eigenvalue weighted by Gasteiger charge is -2.32. The van der Waals surface area contributed by atoms with Crippen molar-refractivity contribution in [1.29, 1.82) is 0 Å². The van der Waals surface area contributed by atoms with Gasteiger partial charge in [0.15, 0.2) is 5.17 Å². The Morgan fingerprint density at radius 3 is 2.38 bits per heavy atom.